The SMILES string of the molecule is CC1(C)CCC(C)(C)c2cc(N3c4c5c(cc6c4-c4ccccc4C6(C)C)-c4cccc6c7c8ccccc8ccc7n(c46)B5c4sc5cc6c(cc5c43)C(C)(C)CCC6(C)C)ccc21. The number of hydrogen-bond acceptors (Lipinski definition) is 2. The first-order valence-electron chi connectivity index (χ1n) is 24.3. The van der Waals surface area contributed by atoms with Crippen LogP contribution < -0.4 is 15.1 Å². The van der Waals surface area contributed by atoms with Crippen LogP contribution in [0.15, 0.2) is 115 Å². The van der Waals surface area contributed by atoms with E-state index >= 15 is 0 Å². The molecule has 0 amide bonds. The van der Waals surface area contributed by atoms with E-state index in [0.717, 1.165) is 0 Å². The zero-order valence-corrected chi connectivity index (χ0v) is 40.5. The summed E-state index contributed by atoms with van der Waals surface area (Å²) in [7, 11) is 0. The van der Waals surface area contributed by atoms with E-state index in [1.807, 2.05) is 0 Å². The molecular formula is C61H57BN2S. The summed E-state index contributed by atoms with van der Waals surface area (Å²) >= 11 is 2.07. The molecule has 4 heterocycles. The lowest BCUT2D eigenvalue weighted by atomic mass is 9.47. The van der Waals surface area contributed by atoms with Gasteiger partial charge >= 0.3 is 6.85 Å². The summed E-state index contributed by atoms with van der Waals surface area (Å²) < 4.78 is 5.66. The molecule has 4 heteroatoms. The molecule has 0 fully saturated rings. The van der Waals surface area contributed by atoms with E-state index in [0.29, 0.717) is 0 Å². The van der Waals surface area contributed by atoms with Gasteiger partial charge in [0.2, 0.25) is 0 Å². The topological polar surface area (TPSA) is 8.17 Å². The van der Waals surface area contributed by atoms with Crippen molar-refractivity contribution in [1.82, 2.24) is 4.48 Å². The van der Waals surface area contributed by atoms with Crippen molar-refractivity contribution >= 4 is 88.2 Å². The Kier molecular flexibility index (Phi) is 7.17. The second-order valence-corrected chi connectivity index (χ2v) is 24.8. The summed E-state index contributed by atoms with van der Waals surface area (Å²) in [5.74, 6) is 0. The van der Waals surface area contributed by atoms with Crippen LogP contribution in [0.4, 0.5) is 17.1 Å². The molecule has 65 heavy (non-hydrogen) atoms. The predicted molar refractivity (Wildman–Crippen MR) is 281 cm³/mol. The molecule has 0 saturated heterocycles. The van der Waals surface area contributed by atoms with E-state index in [2.05, 4.69) is 205 Å². The van der Waals surface area contributed by atoms with Crippen molar-refractivity contribution in [3.05, 3.63) is 149 Å². The van der Waals surface area contributed by atoms with Gasteiger partial charge in [0.05, 0.1) is 11.4 Å². The molecule has 0 radical (unpaired) electrons. The molecule has 2 aromatic heterocycles. The molecule has 2 aliphatic heterocycles. The molecule has 14 rings (SSSR count). The molecule has 0 spiro atoms. The number of fused-ring (bicyclic) bond motifs is 17. The third-order valence-electron chi connectivity index (χ3n) is 17.9. The molecule has 3 aliphatic carbocycles. The zero-order valence-electron chi connectivity index (χ0n) is 39.7. The molecule has 0 N–H and O–H groups in total. The zero-order chi connectivity index (χ0) is 44.5. The van der Waals surface area contributed by atoms with Gasteiger partial charge in [-0.05, 0) is 144 Å². The fraction of sp³-hybridized carbons (Fsp3) is 0.311. The maximum atomic E-state index is 2.82. The largest absolute Gasteiger partial charge is 0.375 e. The normalized spacial score (nSPS) is 19.5. The first-order valence-corrected chi connectivity index (χ1v) is 25.1. The summed E-state index contributed by atoms with van der Waals surface area (Å²) in [6.07, 6.45) is 4.78. The lowest BCUT2D eigenvalue weighted by molar-refractivity contribution is 0.332. The van der Waals surface area contributed by atoms with Crippen LogP contribution in [0.25, 0.3) is 64.9 Å². The maximum absolute atomic E-state index is 2.82. The van der Waals surface area contributed by atoms with E-state index in [4.69, 9.17) is 0 Å². The molecule has 0 unspecified atom stereocenters. The van der Waals surface area contributed by atoms with Crippen molar-refractivity contribution in [3.8, 4) is 22.3 Å². The molecule has 0 bridgehead atoms. The second-order valence-electron chi connectivity index (χ2n) is 23.7. The summed E-state index contributed by atoms with van der Waals surface area (Å²) in [6.45, 7) is 24.8. The maximum Gasteiger partial charge on any atom is 0.343 e. The Hall–Kier alpha value is -5.58. The average Bonchev–Trinajstić information content (AvgIpc) is 3.91. The standard InChI is InChI=1S/C61H57BN2S/c1-57(2)26-27-58(3,4)44-30-35(23-24-43(44)57)63-54-41-32-45-46(60(7,8)29-28-59(45,5)6)33-49(41)65-56(54)62-52-40(31-47-51(55(52)63)38-18-13-14-21-42(38)61(47,9)10)37-19-15-20-39-50-36-17-12-11-16-34(36)22-25-48(50)64(62)53(37)39/h11-25,30-33H,26-29H2,1-10H3. The van der Waals surface area contributed by atoms with Gasteiger partial charge in [-0.25, -0.2) is 0 Å². The third-order valence-corrected chi connectivity index (χ3v) is 19.1. The van der Waals surface area contributed by atoms with E-state index in [1.165, 1.54) is 151 Å². The van der Waals surface area contributed by atoms with E-state index in [9.17, 15) is 0 Å². The van der Waals surface area contributed by atoms with Crippen LogP contribution >= 0.6 is 11.3 Å². The van der Waals surface area contributed by atoms with Crippen LogP contribution in [0, 0.1) is 0 Å². The Morgan fingerprint density at radius 1 is 0.492 bits per heavy atom. The minimum atomic E-state index is -0.180. The van der Waals surface area contributed by atoms with Gasteiger partial charge in [0.25, 0.3) is 0 Å². The van der Waals surface area contributed by atoms with Crippen LogP contribution in [0.2, 0.25) is 0 Å². The second kappa shape index (κ2) is 12.1. The quantitative estimate of drug-likeness (QED) is 0.149. The number of benzene rings is 7. The first kappa shape index (κ1) is 38.7. The minimum Gasteiger partial charge on any atom is -0.375 e. The molecule has 2 nitrogen and oxygen atoms in total. The molecular weight excluding hydrogens is 804 g/mol. The smallest absolute Gasteiger partial charge is 0.343 e. The first-order chi connectivity index (χ1) is 31.0. The van der Waals surface area contributed by atoms with Gasteiger partial charge in [-0.15, -0.1) is 11.3 Å². The summed E-state index contributed by atoms with van der Waals surface area (Å²) in [5.41, 5.74) is 22.9. The van der Waals surface area contributed by atoms with Crippen molar-refractivity contribution in [2.45, 2.75) is 122 Å². The summed E-state index contributed by atoms with van der Waals surface area (Å²) in [4.78, 5) is 2.82. The lowest BCUT2D eigenvalue weighted by Crippen LogP contribution is -2.55. The van der Waals surface area contributed by atoms with Gasteiger partial charge in [0.1, 0.15) is 0 Å². The van der Waals surface area contributed by atoms with Crippen molar-refractivity contribution in [2.75, 3.05) is 4.90 Å². The highest BCUT2D eigenvalue weighted by Crippen LogP contribution is 2.60. The number of anilines is 3. The number of thiophene rings is 1. The van der Waals surface area contributed by atoms with E-state index < -0.39 is 0 Å². The molecule has 7 aromatic carbocycles. The van der Waals surface area contributed by atoms with Crippen LogP contribution in [-0.4, -0.2) is 11.3 Å². The van der Waals surface area contributed by atoms with E-state index in [1.54, 1.807) is 0 Å². The molecule has 5 aliphatic rings. The van der Waals surface area contributed by atoms with Crippen LogP contribution in [0.5, 0.6) is 0 Å². The Balaban J connectivity index is 1.20. The van der Waals surface area contributed by atoms with Gasteiger partial charge < -0.3 is 9.38 Å². The third kappa shape index (κ3) is 4.72. The van der Waals surface area contributed by atoms with Gasteiger partial charge in [0.15, 0.2) is 0 Å². The van der Waals surface area contributed by atoms with Crippen molar-refractivity contribution in [3.63, 3.8) is 0 Å². The number of nitrogens with zero attached hydrogens (tertiary/aromatic N) is 2. The number of para-hydroxylation sites is 1. The Labute approximate surface area is 388 Å². The predicted octanol–water partition coefficient (Wildman–Crippen LogP) is 15.6. The van der Waals surface area contributed by atoms with Crippen LogP contribution in [0.3, 0.4) is 0 Å². The Bertz CT molecular complexity index is 3660. The lowest BCUT2D eigenvalue weighted by Gasteiger charge is -2.44. The van der Waals surface area contributed by atoms with Crippen molar-refractivity contribution < 1.29 is 0 Å². The number of rotatable bonds is 1. The van der Waals surface area contributed by atoms with Crippen molar-refractivity contribution in [2.24, 2.45) is 0 Å². The van der Waals surface area contributed by atoms with Crippen molar-refractivity contribution in [1.29, 1.82) is 0 Å². The molecule has 0 atom stereocenters. The average molecular weight is 861 g/mol. The number of hydrogen-bond donors (Lipinski definition) is 0. The van der Waals surface area contributed by atoms with Gasteiger partial charge in [-0.1, -0.05) is 148 Å². The highest BCUT2D eigenvalue weighted by molar-refractivity contribution is 7.32. The van der Waals surface area contributed by atoms with Gasteiger partial charge in [0, 0.05) is 58.9 Å². The van der Waals surface area contributed by atoms with E-state index in [-0.39, 0.29) is 33.9 Å². The molecule has 0 saturated carbocycles. The molecule has 320 valence electrons. The van der Waals surface area contributed by atoms with Crippen LogP contribution in [-0.2, 0) is 27.1 Å². The minimum absolute atomic E-state index is 0.00747. The van der Waals surface area contributed by atoms with Gasteiger partial charge in [-0.3, -0.25) is 0 Å². The summed E-state index contributed by atoms with van der Waals surface area (Å²) in [6, 6.07) is 46.0. The monoisotopic (exact) mass is 860 g/mol. The Morgan fingerprint density at radius 2 is 1.14 bits per heavy atom. The highest BCUT2D eigenvalue weighted by Gasteiger charge is 2.50. The summed E-state index contributed by atoms with van der Waals surface area (Å²) in [5, 5.41) is 6.76. The highest BCUT2D eigenvalue weighted by atomic mass is 32.1. The molecule has 9 aromatic rings. The number of aromatic nitrogens is 1. The van der Waals surface area contributed by atoms with Crippen LogP contribution in [0.1, 0.15) is 128 Å². The fourth-order valence-electron chi connectivity index (χ4n) is 14.0. The Morgan fingerprint density at radius 3 is 1.91 bits per heavy atom. The van der Waals surface area contributed by atoms with Gasteiger partial charge in [-0.2, -0.15) is 0 Å². The fourth-order valence-corrected chi connectivity index (χ4v) is 15.3.